The fourth-order valence-electron chi connectivity index (χ4n) is 5.52. The van der Waals surface area contributed by atoms with E-state index in [4.69, 9.17) is 28.9 Å². The third kappa shape index (κ3) is 14.1. The van der Waals surface area contributed by atoms with Crippen molar-refractivity contribution in [3.05, 3.63) is 121 Å². The Balaban J connectivity index is 0.000000251. The number of nitriles is 1. The van der Waals surface area contributed by atoms with Gasteiger partial charge in [0.05, 0.1) is 55.6 Å². The van der Waals surface area contributed by atoms with Gasteiger partial charge in [0.2, 0.25) is 0 Å². The lowest BCUT2D eigenvalue weighted by atomic mass is 9.82. The molecule has 296 valence electrons. The number of benzene rings is 4. The first kappa shape index (κ1) is 42.9. The first-order valence-corrected chi connectivity index (χ1v) is 18.0. The minimum Gasteiger partial charge on any atom is -0.494 e. The van der Waals surface area contributed by atoms with Crippen LogP contribution in [0.1, 0.15) is 61.4 Å². The van der Waals surface area contributed by atoms with Gasteiger partial charge in [-0.25, -0.2) is 14.0 Å². The topological polar surface area (TPSA) is 113 Å². The van der Waals surface area contributed by atoms with Gasteiger partial charge in [-0.1, -0.05) is 44.2 Å². The third-order valence-electron chi connectivity index (χ3n) is 8.49. The lowest BCUT2D eigenvalue weighted by molar-refractivity contribution is -0.275. The molecule has 0 aromatic heterocycles. The molecule has 4 aromatic rings. The van der Waals surface area contributed by atoms with Gasteiger partial charge in [0, 0.05) is 12.1 Å². The molecule has 4 aromatic carbocycles. The van der Waals surface area contributed by atoms with Crippen LogP contribution in [0.5, 0.6) is 23.0 Å². The number of halogens is 4. The van der Waals surface area contributed by atoms with E-state index in [9.17, 15) is 27.2 Å². The van der Waals surface area contributed by atoms with E-state index in [1.807, 2.05) is 48.5 Å². The smallest absolute Gasteiger partial charge is 0.494 e. The quantitative estimate of drug-likeness (QED) is 0.0320. The number of hydrogen-bond acceptors (Lipinski definition) is 9. The number of hydrogen-bond donors (Lipinski definition) is 0. The summed E-state index contributed by atoms with van der Waals surface area (Å²) in [6.45, 7) is 8.41. The number of esters is 2. The van der Waals surface area contributed by atoms with Gasteiger partial charge in [0.1, 0.15) is 17.2 Å². The molecule has 56 heavy (non-hydrogen) atoms. The Kier molecular flexibility index (Phi) is 16.3. The maximum atomic E-state index is 13.7. The molecular formula is C43H43F4NO8. The molecule has 0 amide bonds. The summed E-state index contributed by atoms with van der Waals surface area (Å²) in [5.41, 5.74) is 3.03. The van der Waals surface area contributed by atoms with Crippen molar-refractivity contribution in [1.82, 2.24) is 0 Å². The second kappa shape index (κ2) is 21.3. The van der Waals surface area contributed by atoms with Crippen LogP contribution in [0, 0.1) is 22.6 Å². The molecule has 0 N–H and O–H groups in total. The number of rotatable bonds is 18. The highest BCUT2D eigenvalue weighted by Gasteiger charge is 2.38. The zero-order valence-electron chi connectivity index (χ0n) is 30.9. The largest absolute Gasteiger partial charge is 0.573 e. The zero-order valence-corrected chi connectivity index (χ0v) is 30.9. The van der Waals surface area contributed by atoms with E-state index in [0.717, 1.165) is 67.5 Å². The van der Waals surface area contributed by atoms with Gasteiger partial charge in [-0.2, -0.15) is 5.26 Å². The maximum absolute atomic E-state index is 13.7. The van der Waals surface area contributed by atoms with Gasteiger partial charge in [0.15, 0.2) is 11.6 Å². The van der Waals surface area contributed by atoms with E-state index in [2.05, 4.69) is 24.3 Å². The molecule has 0 bridgehead atoms. The molecule has 0 unspecified atom stereocenters. The van der Waals surface area contributed by atoms with Gasteiger partial charge >= 0.3 is 18.3 Å². The number of ether oxygens (including phenoxy) is 6. The van der Waals surface area contributed by atoms with Crippen LogP contribution in [-0.4, -0.2) is 51.3 Å². The Hall–Kier alpha value is -5.87. The lowest BCUT2D eigenvalue weighted by Crippen LogP contribution is -2.47. The van der Waals surface area contributed by atoms with E-state index in [1.165, 1.54) is 18.2 Å². The highest BCUT2D eigenvalue weighted by atomic mass is 19.4. The van der Waals surface area contributed by atoms with Crippen LogP contribution in [0.2, 0.25) is 0 Å². The first-order valence-electron chi connectivity index (χ1n) is 18.0. The minimum absolute atomic E-state index is 0.0262. The van der Waals surface area contributed by atoms with E-state index in [-0.39, 0.29) is 22.7 Å². The predicted octanol–water partition coefficient (Wildman–Crippen LogP) is 10.0. The molecule has 0 atom stereocenters. The number of carbonyl (C=O) groups excluding carboxylic acids is 2. The van der Waals surface area contributed by atoms with Gasteiger partial charge in [-0.05, 0) is 104 Å². The molecule has 5 rings (SSSR count). The Morgan fingerprint density at radius 2 is 1.43 bits per heavy atom. The molecule has 0 radical (unpaired) electrons. The van der Waals surface area contributed by atoms with Crippen molar-refractivity contribution in [3.63, 3.8) is 0 Å². The Morgan fingerprint density at radius 3 is 1.98 bits per heavy atom. The average molecular weight is 778 g/mol. The van der Waals surface area contributed by atoms with Crippen LogP contribution >= 0.6 is 0 Å². The molecule has 1 saturated heterocycles. The average Bonchev–Trinajstić information content (AvgIpc) is 3.18. The number of unbranched alkanes of at least 4 members (excludes halogenated alkanes) is 3. The monoisotopic (exact) mass is 777 g/mol. The molecule has 1 aliphatic heterocycles. The Bertz CT molecular complexity index is 1900. The predicted molar refractivity (Wildman–Crippen MR) is 200 cm³/mol. The van der Waals surface area contributed by atoms with Gasteiger partial charge in [-0.3, -0.25) is 0 Å². The number of nitrogens with zero attached hydrogens (tertiary/aromatic N) is 1. The standard InChI is InChI=1S/C22H23NO3.C21H20F4O5/c1-2-22(24)26-16-6-4-3-5-15-25-21-13-11-20(12-14-21)19-9-7-18(17-23)8-10-19;1-2-9-20(11-27-12-20)13-28-15-5-3-14(4-6-15)19(26)29-16-7-8-18(17(22)10-16)30-21(23,24)25/h2,7-14H,1,3-6,15-16H2;3-8,10H,2,9,11-13H2,1H3. The lowest BCUT2D eigenvalue weighted by Gasteiger charge is -2.41. The zero-order chi connectivity index (χ0) is 40.4. The van der Waals surface area contributed by atoms with Crippen molar-refractivity contribution in [1.29, 1.82) is 5.26 Å². The summed E-state index contributed by atoms with van der Waals surface area (Å²) in [6, 6.07) is 26.2. The third-order valence-corrected chi connectivity index (χ3v) is 8.49. The fraction of sp³-hybridized carbons (Fsp3) is 0.326. The summed E-state index contributed by atoms with van der Waals surface area (Å²) in [7, 11) is 0. The minimum atomic E-state index is -5.02. The van der Waals surface area contributed by atoms with Crippen molar-refractivity contribution in [3.8, 4) is 40.2 Å². The van der Waals surface area contributed by atoms with Crippen molar-refractivity contribution in [2.75, 3.05) is 33.0 Å². The van der Waals surface area contributed by atoms with Crippen LogP contribution in [0.15, 0.2) is 104 Å². The second-order valence-electron chi connectivity index (χ2n) is 12.9. The molecule has 0 aliphatic carbocycles. The summed E-state index contributed by atoms with van der Waals surface area (Å²) in [6.07, 6.45) is 2.05. The molecule has 1 fully saturated rings. The molecular weight excluding hydrogens is 734 g/mol. The van der Waals surface area contributed by atoms with Crippen LogP contribution in [0.25, 0.3) is 11.1 Å². The highest BCUT2D eigenvalue weighted by molar-refractivity contribution is 5.91. The highest BCUT2D eigenvalue weighted by Crippen LogP contribution is 2.34. The summed E-state index contributed by atoms with van der Waals surface area (Å²) in [5.74, 6) is -2.29. The maximum Gasteiger partial charge on any atom is 0.573 e. The Labute approximate surface area is 323 Å². The van der Waals surface area contributed by atoms with E-state index >= 15 is 0 Å². The molecule has 1 heterocycles. The van der Waals surface area contributed by atoms with Crippen LogP contribution in [0.4, 0.5) is 17.6 Å². The fourth-order valence-corrected chi connectivity index (χ4v) is 5.52. The van der Waals surface area contributed by atoms with Gasteiger partial charge < -0.3 is 28.4 Å². The summed E-state index contributed by atoms with van der Waals surface area (Å²) >= 11 is 0. The van der Waals surface area contributed by atoms with E-state index in [0.29, 0.717) is 50.4 Å². The molecule has 1 aliphatic rings. The summed E-state index contributed by atoms with van der Waals surface area (Å²) in [5, 5.41) is 8.84. The van der Waals surface area contributed by atoms with Crippen molar-refractivity contribution in [2.45, 2.75) is 51.8 Å². The number of carbonyl (C=O) groups is 2. The van der Waals surface area contributed by atoms with Crippen molar-refractivity contribution in [2.24, 2.45) is 5.41 Å². The molecule has 0 saturated carbocycles. The summed E-state index contributed by atoms with van der Waals surface area (Å²) < 4.78 is 80.6. The second-order valence-corrected chi connectivity index (χ2v) is 12.9. The molecule has 9 nitrogen and oxygen atoms in total. The SMILES string of the molecule is C=CC(=O)OCCCCCCOc1ccc(-c2ccc(C#N)cc2)cc1.CCCC1(COc2ccc(C(=O)Oc3ccc(OC(F)(F)F)c(F)c3)cc2)COC1. The molecule has 0 spiro atoms. The van der Waals surface area contributed by atoms with Crippen molar-refractivity contribution < 1.29 is 55.6 Å². The molecule has 13 heteroatoms. The van der Waals surface area contributed by atoms with Crippen molar-refractivity contribution >= 4 is 11.9 Å². The Morgan fingerprint density at radius 1 is 0.839 bits per heavy atom. The van der Waals surface area contributed by atoms with E-state index < -0.39 is 23.9 Å². The normalized spacial score (nSPS) is 12.8. The van der Waals surface area contributed by atoms with Gasteiger partial charge in [-0.15, -0.1) is 13.2 Å². The van der Waals surface area contributed by atoms with E-state index in [1.54, 1.807) is 12.1 Å². The summed E-state index contributed by atoms with van der Waals surface area (Å²) in [4.78, 5) is 23.1. The van der Waals surface area contributed by atoms with Crippen LogP contribution < -0.4 is 18.9 Å². The van der Waals surface area contributed by atoms with Crippen LogP contribution in [-0.2, 0) is 14.3 Å². The number of alkyl halides is 3. The first-order chi connectivity index (χ1) is 26.9. The van der Waals surface area contributed by atoms with Crippen LogP contribution in [0.3, 0.4) is 0 Å². The van der Waals surface area contributed by atoms with Gasteiger partial charge in [0.25, 0.3) is 0 Å².